The molecule has 0 aliphatic heterocycles. The van der Waals surface area contributed by atoms with Crippen LogP contribution >= 0.6 is 11.6 Å². The summed E-state index contributed by atoms with van der Waals surface area (Å²) in [5.74, 6) is 0.690. The van der Waals surface area contributed by atoms with E-state index in [0.717, 1.165) is 10.6 Å². The first-order valence-electron chi connectivity index (χ1n) is 5.35. The lowest BCUT2D eigenvalue weighted by atomic mass is 10.2. The van der Waals surface area contributed by atoms with Gasteiger partial charge < -0.3 is 5.32 Å². The minimum absolute atomic E-state index is 0.598. The van der Waals surface area contributed by atoms with Gasteiger partial charge in [0.05, 0.1) is 0 Å². The topological polar surface area (TPSA) is 68.0 Å². The molecule has 18 heavy (non-hydrogen) atoms. The first kappa shape index (κ1) is 10.9. The highest BCUT2D eigenvalue weighted by Crippen LogP contribution is 2.16. The van der Waals surface area contributed by atoms with Crippen molar-refractivity contribution in [2.24, 2.45) is 0 Å². The van der Waals surface area contributed by atoms with Gasteiger partial charge in [0.1, 0.15) is 5.82 Å². The quantitative estimate of drug-likeness (QED) is 0.778. The fourth-order valence-corrected chi connectivity index (χ4v) is 1.77. The highest BCUT2D eigenvalue weighted by atomic mass is 35.5. The third kappa shape index (κ3) is 2.10. The molecule has 3 aromatic rings. The Morgan fingerprint density at radius 3 is 2.94 bits per heavy atom. The summed E-state index contributed by atoms with van der Waals surface area (Å²) in [5, 5.41) is 19.1. The van der Waals surface area contributed by atoms with E-state index in [2.05, 4.69) is 25.9 Å². The van der Waals surface area contributed by atoms with Crippen molar-refractivity contribution in [1.29, 1.82) is 0 Å². The molecule has 0 fully saturated rings. The second kappa shape index (κ2) is 4.58. The third-order valence-corrected chi connectivity index (χ3v) is 2.86. The van der Waals surface area contributed by atoms with Gasteiger partial charge in [-0.2, -0.15) is 0 Å². The van der Waals surface area contributed by atoms with Crippen molar-refractivity contribution in [2.75, 3.05) is 5.32 Å². The molecule has 0 aliphatic rings. The Labute approximate surface area is 108 Å². The van der Waals surface area contributed by atoms with Crippen molar-refractivity contribution in [3.63, 3.8) is 0 Å². The standard InChI is InChI=1S/C11H9ClN6/c12-9-4-2-1-3-8(9)7-13-10-5-6-11-14-16-17-18(11)15-10/h1-6H,7H2,(H,13,15). The van der Waals surface area contributed by atoms with Crippen LogP contribution in [-0.4, -0.2) is 25.3 Å². The molecule has 0 bridgehead atoms. The van der Waals surface area contributed by atoms with Gasteiger partial charge in [-0.25, -0.2) is 0 Å². The predicted octanol–water partition coefficient (Wildman–Crippen LogP) is 1.78. The van der Waals surface area contributed by atoms with Crippen LogP contribution in [0.25, 0.3) is 5.65 Å². The summed E-state index contributed by atoms with van der Waals surface area (Å²) < 4.78 is 1.37. The molecule has 0 amide bonds. The Bertz CT molecular complexity index is 680. The molecule has 2 aromatic heterocycles. The Morgan fingerprint density at radius 2 is 2.06 bits per heavy atom. The molecule has 1 N–H and O–H groups in total. The number of hydrogen-bond acceptors (Lipinski definition) is 5. The minimum Gasteiger partial charge on any atom is -0.364 e. The van der Waals surface area contributed by atoms with Gasteiger partial charge in [0.25, 0.3) is 0 Å². The molecule has 0 radical (unpaired) electrons. The Balaban J connectivity index is 1.78. The first-order chi connectivity index (χ1) is 8.83. The van der Waals surface area contributed by atoms with Crippen molar-refractivity contribution in [3.05, 3.63) is 47.0 Å². The molecule has 0 saturated carbocycles. The fraction of sp³-hybridized carbons (Fsp3) is 0.0909. The number of rotatable bonds is 3. The van der Waals surface area contributed by atoms with Crippen molar-refractivity contribution in [1.82, 2.24) is 25.3 Å². The largest absolute Gasteiger partial charge is 0.364 e. The van der Waals surface area contributed by atoms with Crippen LogP contribution in [0.15, 0.2) is 36.4 Å². The van der Waals surface area contributed by atoms with Crippen LogP contribution in [0.1, 0.15) is 5.56 Å². The van der Waals surface area contributed by atoms with Gasteiger partial charge in [-0.15, -0.1) is 14.8 Å². The molecular formula is C11H9ClN6. The number of nitrogens with one attached hydrogen (secondary N) is 1. The van der Waals surface area contributed by atoms with Crippen molar-refractivity contribution >= 4 is 23.1 Å². The summed E-state index contributed by atoms with van der Waals surface area (Å²) in [4.78, 5) is 0. The minimum atomic E-state index is 0.598. The number of aromatic nitrogens is 5. The maximum Gasteiger partial charge on any atom is 0.200 e. The third-order valence-electron chi connectivity index (χ3n) is 2.49. The van der Waals surface area contributed by atoms with Gasteiger partial charge in [0.15, 0.2) is 5.65 Å². The van der Waals surface area contributed by atoms with Crippen LogP contribution < -0.4 is 5.32 Å². The van der Waals surface area contributed by atoms with Crippen LogP contribution in [0.2, 0.25) is 5.02 Å². The lowest BCUT2D eigenvalue weighted by Crippen LogP contribution is -2.05. The zero-order valence-electron chi connectivity index (χ0n) is 9.29. The Morgan fingerprint density at radius 1 is 1.17 bits per heavy atom. The second-order valence-electron chi connectivity index (χ2n) is 3.69. The molecule has 2 heterocycles. The van der Waals surface area contributed by atoms with Crippen LogP contribution in [-0.2, 0) is 6.54 Å². The van der Waals surface area contributed by atoms with E-state index < -0.39 is 0 Å². The number of hydrogen-bond donors (Lipinski definition) is 1. The number of tetrazole rings is 1. The van der Waals surface area contributed by atoms with Crippen LogP contribution in [0.5, 0.6) is 0 Å². The molecule has 0 unspecified atom stereocenters. The van der Waals surface area contributed by atoms with Gasteiger partial charge in [-0.3, -0.25) is 0 Å². The van der Waals surface area contributed by atoms with Gasteiger partial charge in [0.2, 0.25) is 0 Å². The smallest absolute Gasteiger partial charge is 0.200 e. The molecule has 0 saturated heterocycles. The second-order valence-corrected chi connectivity index (χ2v) is 4.10. The summed E-state index contributed by atoms with van der Waals surface area (Å²) >= 11 is 6.07. The molecule has 0 aliphatic carbocycles. The van der Waals surface area contributed by atoms with Gasteiger partial charge >= 0.3 is 0 Å². The van der Waals surface area contributed by atoms with Gasteiger partial charge in [-0.05, 0) is 34.2 Å². The number of nitrogens with zero attached hydrogens (tertiary/aromatic N) is 5. The monoisotopic (exact) mass is 260 g/mol. The lowest BCUT2D eigenvalue weighted by Gasteiger charge is -2.06. The van der Waals surface area contributed by atoms with E-state index in [1.165, 1.54) is 4.63 Å². The number of benzene rings is 1. The molecule has 6 nitrogen and oxygen atoms in total. The maximum absolute atomic E-state index is 6.07. The molecule has 7 heteroatoms. The van der Waals surface area contributed by atoms with Crippen molar-refractivity contribution in [2.45, 2.75) is 6.54 Å². The maximum atomic E-state index is 6.07. The van der Waals surface area contributed by atoms with Gasteiger partial charge in [-0.1, -0.05) is 29.8 Å². The van der Waals surface area contributed by atoms with Gasteiger partial charge in [0, 0.05) is 11.6 Å². The highest BCUT2D eigenvalue weighted by Gasteiger charge is 2.02. The zero-order chi connectivity index (χ0) is 12.4. The molecule has 3 rings (SSSR count). The first-order valence-corrected chi connectivity index (χ1v) is 5.73. The van der Waals surface area contributed by atoms with Crippen molar-refractivity contribution < 1.29 is 0 Å². The predicted molar refractivity (Wildman–Crippen MR) is 67.4 cm³/mol. The molecule has 1 aromatic carbocycles. The number of fused-ring (bicyclic) bond motifs is 1. The average Bonchev–Trinajstić information content (AvgIpc) is 2.85. The van der Waals surface area contributed by atoms with E-state index in [1.807, 2.05) is 30.3 Å². The van der Waals surface area contributed by atoms with Crippen LogP contribution in [0.3, 0.4) is 0 Å². The highest BCUT2D eigenvalue weighted by molar-refractivity contribution is 6.31. The molecular weight excluding hydrogens is 252 g/mol. The lowest BCUT2D eigenvalue weighted by molar-refractivity contribution is 0.734. The van der Waals surface area contributed by atoms with E-state index in [0.29, 0.717) is 18.0 Å². The van der Waals surface area contributed by atoms with Crippen LogP contribution in [0.4, 0.5) is 5.82 Å². The fourth-order valence-electron chi connectivity index (χ4n) is 1.57. The summed E-state index contributed by atoms with van der Waals surface area (Å²) in [6, 6.07) is 11.3. The Hall–Kier alpha value is -2.21. The summed E-state index contributed by atoms with van der Waals surface area (Å²) in [5.41, 5.74) is 1.62. The molecule has 0 spiro atoms. The van der Waals surface area contributed by atoms with E-state index in [1.54, 1.807) is 6.07 Å². The summed E-state index contributed by atoms with van der Waals surface area (Å²) in [6.45, 7) is 0.598. The summed E-state index contributed by atoms with van der Waals surface area (Å²) in [6.07, 6.45) is 0. The number of anilines is 1. The normalized spacial score (nSPS) is 10.7. The number of halogens is 1. The van der Waals surface area contributed by atoms with E-state index in [4.69, 9.17) is 11.6 Å². The SMILES string of the molecule is Clc1ccccc1CNc1ccc2nnnn2n1. The Kier molecular flexibility index (Phi) is 2.77. The molecule has 90 valence electrons. The zero-order valence-corrected chi connectivity index (χ0v) is 10.0. The summed E-state index contributed by atoms with van der Waals surface area (Å²) in [7, 11) is 0. The molecule has 0 atom stereocenters. The van der Waals surface area contributed by atoms with E-state index >= 15 is 0 Å². The van der Waals surface area contributed by atoms with Crippen molar-refractivity contribution in [3.8, 4) is 0 Å². The van der Waals surface area contributed by atoms with E-state index in [9.17, 15) is 0 Å². The van der Waals surface area contributed by atoms with Crippen LogP contribution in [0, 0.1) is 0 Å². The average molecular weight is 261 g/mol. The van der Waals surface area contributed by atoms with E-state index in [-0.39, 0.29) is 0 Å².